The summed E-state index contributed by atoms with van der Waals surface area (Å²) in [5.41, 5.74) is 3.17. The van der Waals surface area contributed by atoms with E-state index in [1.807, 2.05) is 49.4 Å². The zero-order chi connectivity index (χ0) is 22.9. The lowest BCUT2D eigenvalue weighted by molar-refractivity contribution is -0.133. The third kappa shape index (κ3) is 6.51. The molecular weight excluding hydrogens is 404 g/mol. The zero-order valence-corrected chi connectivity index (χ0v) is 18.9. The second-order valence-corrected chi connectivity index (χ2v) is 7.96. The molecule has 32 heavy (non-hydrogen) atoms. The number of nitrogens with one attached hydrogen (secondary N) is 1. The number of carbonyl (C=O) groups excluding carboxylic acids is 2. The Morgan fingerprint density at radius 3 is 2.44 bits per heavy atom. The number of carbonyl (C=O) groups is 2. The molecule has 1 aromatic heterocycles. The van der Waals surface area contributed by atoms with Gasteiger partial charge in [0.2, 0.25) is 23.5 Å². The molecule has 0 fully saturated rings. The Kier molecular flexibility index (Phi) is 8.14. The highest BCUT2D eigenvalue weighted by molar-refractivity contribution is 5.84. The average molecular weight is 435 g/mol. The molecule has 0 saturated heterocycles. The van der Waals surface area contributed by atoms with Crippen molar-refractivity contribution in [1.82, 2.24) is 20.4 Å². The Morgan fingerprint density at radius 1 is 1.06 bits per heavy atom. The molecule has 0 aliphatic carbocycles. The van der Waals surface area contributed by atoms with Gasteiger partial charge < -0.3 is 14.7 Å². The van der Waals surface area contributed by atoms with Gasteiger partial charge >= 0.3 is 0 Å². The number of rotatable bonds is 10. The van der Waals surface area contributed by atoms with Crippen LogP contribution in [0.1, 0.15) is 50.1 Å². The first-order valence-corrected chi connectivity index (χ1v) is 11.0. The average Bonchev–Trinajstić information content (AvgIpc) is 3.29. The van der Waals surface area contributed by atoms with E-state index in [0.29, 0.717) is 37.1 Å². The van der Waals surface area contributed by atoms with E-state index in [4.69, 9.17) is 4.52 Å². The van der Waals surface area contributed by atoms with E-state index in [9.17, 15) is 9.59 Å². The largest absolute Gasteiger partial charge is 0.347 e. The molecule has 7 heteroatoms. The predicted molar refractivity (Wildman–Crippen MR) is 123 cm³/mol. The first-order valence-electron chi connectivity index (χ1n) is 11.0. The van der Waals surface area contributed by atoms with Crippen LogP contribution in [0.4, 0.5) is 0 Å². The van der Waals surface area contributed by atoms with Crippen LogP contribution in [0.2, 0.25) is 0 Å². The van der Waals surface area contributed by atoms with E-state index in [1.54, 1.807) is 4.90 Å². The molecule has 0 unspecified atom stereocenters. The molecule has 0 bridgehead atoms. The van der Waals surface area contributed by atoms with Crippen molar-refractivity contribution in [2.75, 3.05) is 13.1 Å². The molecular formula is C25H30N4O3. The number of aryl methyl sites for hydroxylation is 1. The first-order chi connectivity index (χ1) is 15.5. The maximum Gasteiger partial charge on any atom is 0.242 e. The number of benzene rings is 2. The SMILES string of the molecule is CCN(Cc1ccccc1)C(=O)CNC(=O)CCc1nc(-c2ccc(C(C)C)cc2)no1. The topological polar surface area (TPSA) is 88.3 Å². The third-order valence-electron chi connectivity index (χ3n) is 5.26. The Hall–Kier alpha value is -3.48. The Labute approximate surface area is 188 Å². The molecule has 0 aliphatic heterocycles. The summed E-state index contributed by atoms with van der Waals surface area (Å²) in [6.07, 6.45) is 0.491. The van der Waals surface area contributed by atoms with Crippen LogP contribution in [-0.2, 0) is 22.6 Å². The standard InChI is InChI=1S/C25H30N4O3/c1-4-29(17-19-8-6-5-7-9-19)24(31)16-26-22(30)14-15-23-27-25(28-32-23)21-12-10-20(11-13-21)18(2)3/h5-13,18H,4,14-17H2,1-3H3,(H,26,30). The minimum absolute atomic E-state index is 0.0310. The lowest BCUT2D eigenvalue weighted by Crippen LogP contribution is -2.39. The van der Waals surface area contributed by atoms with Gasteiger partial charge in [-0.15, -0.1) is 0 Å². The van der Waals surface area contributed by atoms with E-state index >= 15 is 0 Å². The quantitative estimate of drug-likeness (QED) is 0.522. The van der Waals surface area contributed by atoms with Gasteiger partial charge in [0.15, 0.2) is 0 Å². The van der Waals surface area contributed by atoms with Crippen LogP contribution in [0, 0.1) is 0 Å². The fraction of sp³-hybridized carbons (Fsp3) is 0.360. The number of hydrogen-bond acceptors (Lipinski definition) is 5. The number of aromatic nitrogens is 2. The van der Waals surface area contributed by atoms with E-state index in [1.165, 1.54) is 5.56 Å². The minimum atomic E-state index is -0.227. The van der Waals surface area contributed by atoms with Crippen molar-refractivity contribution in [3.05, 3.63) is 71.6 Å². The van der Waals surface area contributed by atoms with Gasteiger partial charge in [0.1, 0.15) is 0 Å². The molecule has 0 radical (unpaired) electrons. The molecule has 3 rings (SSSR count). The monoisotopic (exact) mass is 434 g/mol. The number of amides is 2. The summed E-state index contributed by atoms with van der Waals surface area (Å²) in [5.74, 6) is 1.02. The number of likely N-dealkylation sites (N-methyl/N-ethyl adjacent to an activating group) is 1. The molecule has 2 aromatic carbocycles. The van der Waals surface area contributed by atoms with Crippen LogP contribution >= 0.6 is 0 Å². The summed E-state index contributed by atoms with van der Waals surface area (Å²) < 4.78 is 5.28. The van der Waals surface area contributed by atoms with Gasteiger partial charge in [-0.1, -0.05) is 73.6 Å². The fourth-order valence-electron chi connectivity index (χ4n) is 3.27. The molecule has 7 nitrogen and oxygen atoms in total. The van der Waals surface area contributed by atoms with Gasteiger partial charge in [0.25, 0.3) is 0 Å². The van der Waals surface area contributed by atoms with Gasteiger partial charge in [-0.05, 0) is 24.0 Å². The van der Waals surface area contributed by atoms with Crippen molar-refractivity contribution in [2.45, 2.75) is 46.1 Å². The third-order valence-corrected chi connectivity index (χ3v) is 5.26. The summed E-state index contributed by atoms with van der Waals surface area (Å²) >= 11 is 0. The molecule has 3 aromatic rings. The maximum atomic E-state index is 12.5. The summed E-state index contributed by atoms with van der Waals surface area (Å²) in [4.78, 5) is 30.7. The van der Waals surface area contributed by atoms with Gasteiger partial charge in [0.05, 0.1) is 6.54 Å². The molecule has 0 aliphatic rings. The maximum absolute atomic E-state index is 12.5. The Bertz CT molecular complexity index is 1010. The molecule has 1 N–H and O–H groups in total. The van der Waals surface area contributed by atoms with Crippen molar-refractivity contribution >= 4 is 11.8 Å². The fourth-order valence-corrected chi connectivity index (χ4v) is 3.27. The van der Waals surface area contributed by atoms with E-state index in [0.717, 1.165) is 11.1 Å². The minimum Gasteiger partial charge on any atom is -0.347 e. The molecule has 0 spiro atoms. The number of nitrogens with zero attached hydrogens (tertiary/aromatic N) is 3. The highest BCUT2D eigenvalue weighted by Gasteiger charge is 2.15. The highest BCUT2D eigenvalue weighted by atomic mass is 16.5. The normalized spacial score (nSPS) is 10.9. The van der Waals surface area contributed by atoms with Gasteiger partial charge in [-0.2, -0.15) is 4.98 Å². The van der Waals surface area contributed by atoms with Crippen LogP contribution in [-0.4, -0.2) is 39.9 Å². The van der Waals surface area contributed by atoms with Crippen LogP contribution < -0.4 is 5.32 Å². The summed E-state index contributed by atoms with van der Waals surface area (Å²) in [6.45, 7) is 7.27. The van der Waals surface area contributed by atoms with Crippen molar-refractivity contribution in [3.63, 3.8) is 0 Å². The lowest BCUT2D eigenvalue weighted by Gasteiger charge is -2.21. The van der Waals surface area contributed by atoms with Crippen LogP contribution in [0.15, 0.2) is 59.1 Å². The Balaban J connectivity index is 1.45. The van der Waals surface area contributed by atoms with Crippen molar-refractivity contribution in [3.8, 4) is 11.4 Å². The van der Waals surface area contributed by atoms with E-state index in [2.05, 4.69) is 41.4 Å². The molecule has 0 saturated carbocycles. The van der Waals surface area contributed by atoms with Gasteiger partial charge in [-0.25, -0.2) is 0 Å². The van der Waals surface area contributed by atoms with Crippen molar-refractivity contribution in [1.29, 1.82) is 0 Å². The molecule has 2 amide bonds. The molecule has 0 atom stereocenters. The van der Waals surface area contributed by atoms with Crippen LogP contribution in [0.5, 0.6) is 0 Å². The second kappa shape index (κ2) is 11.2. The zero-order valence-electron chi connectivity index (χ0n) is 18.9. The van der Waals surface area contributed by atoms with Gasteiger partial charge in [0, 0.05) is 31.5 Å². The number of hydrogen-bond donors (Lipinski definition) is 1. The summed E-state index contributed by atoms with van der Waals surface area (Å²) in [5, 5.41) is 6.70. The Morgan fingerprint density at radius 2 is 1.78 bits per heavy atom. The smallest absolute Gasteiger partial charge is 0.242 e. The van der Waals surface area contributed by atoms with Crippen LogP contribution in [0.25, 0.3) is 11.4 Å². The summed E-state index contributed by atoms with van der Waals surface area (Å²) in [6, 6.07) is 17.8. The molecule has 1 heterocycles. The van der Waals surface area contributed by atoms with Crippen molar-refractivity contribution < 1.29 is 14.1 Å². The van der Waals surface area contributed by atoms with Crippen LogP contribution in [0.3, 0.4) is 0 Å². The summed E-state index contributed by atoms with van der Waals surface area (Å²) in [7, 11) is 0. The second-order valence-electron chi connectivity index (χ2n) is 7.96. The first kappa shape index (κ1) is 23.2. The predicted octanol–water partition coefficient (Wildman–Crippen LogP) is 3.96. The highest BCUT2D eigenvalue weighted by Crippen LogP contribution is 2.20. The van der Waals surface area contributed by atoms with E-state index in [-0.39, 0.29) is 24.8 Å². The lowest BCUT2D eigenvalue weighted by atomic mass is 10.0. The molecule has 168 valence electrons. The van der Waals surface area contributed by atoms with Crippen molar-refractivity contribution in [2.24, 2.45) is 0 Å². The van der Waals surface area contributed by atoms with E-state index < -0.39 is 0 Å². The van der Waals surface area contributed by atoms with Gasteiger partial charge in [-0.3, -0.25) is 9.59 Å².